The molecule has 2 amide bonds. The van der Waals surface area contributed by atoms with Gasteiger partial charge in [0.2, 0.25) is 0 Å². The van der Waals surface area contributed by atoms with Crippen molar-refractivity contribution in [2.24, 2.45) is 0 Å². The predicted molar refractivity (Wildman–Crippen MR) is 313 cm³/mol. The summed E-state index contributed by atoms with van der Waals surface area (Å²) in [4.78, 5) is 30.0. The van der Waals surface area contributed by atoms with Gasteiger partial charge in [-0.25, -0.2) is 9.59 Å². The second-order valence-electron chi connectivity index (χ2n) is 22.0. The van der Waals surface area contributed by atoms with Gasteiger partial charge < -0.3 is 39.2 Å². The van der Waals surface area contributed by atoms with E-state index in [-0.39, 0.29) is 30.5 Å². The number of ether oxygens (including phenoxy) is 2. The Morgan fingerprint density at radius 1 is 0.603 bits per heavy atom. The lowest BCUT2D eigenvalue weighted by molar-refractivity contribution is 0.00578. The topological polar surface area (TPSA) is 107 Å². The number of nitrogens with zero attached hydrogens (tertiary/aromatic N) is 3. The Labute approximate surface area is 447 Å². The number of rotatable bonds is 3. The summed E-state index contributed by atoms with van der Waals surface area (Å²) in [7, 11) is 1.88. The highest BCUT2D eigenvalue weighted by Gasteiger charge is 2.52. The summed E-state index contributed by atoms with van der Waals surface area (Å²) in [5.41, 5.74) is 18.3. The van der Waals surface area contributed by atoms with Gasteiger partial charge in [-0.1, -0.05) is 108 Å². The highest BCUT2D eigenvalue weighted by Crippen LogP contribution is 2.39. The quantitative estimate of drug-likeness (QED) is 0.204. The molecule has 0 radical (unpaired) electrons. The zero-order chi connectivity index (χ0) is 56.1. The van der Waals surface area contributed by atoms with Crippen LogP contribution in [0.25, 0.3) is 5.57 Å². The summed E-state index contributed by atoms with van der Waals surface area (Å²) in [6, 6.07) is 19.5. The van der Waals surface area contributed by atoms with Crippen LogP contribution in [0.15, 0.2) is 72.2 Å². The van der Waals surface area contributed by atoms with E-state index in [1.165, 1.54) is 76.0 Å². The number of likely N-dealkylation sites (tertiary alicyclic amines) is 1. The molecule has 3 aromatic rings. The maximum atomic E-state index is 12.1. The average molecular weight is 1010 g/mol. The molecule has 0 unspecified atom stereocenters. The van der Waals surface area contributed by atoms with Gasteiger partial charge in [-0.05, 0) is 219 Å². The number of carbonyl (C=O) groups excluding carboxylic acids is 2. The van der Waals surface area contributed by atoms with E-state index in [0.717, 1.165) is 29.9 Å². The molecule has 2 saturated heterocycles. The molecule has 11 heteroatoms. The monoisotopic (exact) mass is 1010 g/mol. The number of benzene rings is 3. The summed E-state index contributed by atoms with van der Waals surface area (Å²) in [6.07, 6.45) is 7.85. The molecule has 3 aromatic carbocycles. The lowest BCUT2D eigenvalue weighted by Crippen LogP contribution is -2.41. The third-order valence-electron chi connectivity index (χ3n) is 13.3. The normalized spacial score (nSPS) is 17.2. The third-order valence-corrected chi connectivity index (χ3v) is 13.3. The fourth-order valence-corrected chi connectivity index (χ4v) is 7.94. The zero-order valence-electron chi connectivity index (χ0n) is 50.4. The average Bonchev–Trinajstić information content (AvgIpc) is 3.56. The Kier molecular flexibility index (Phi) is 27.9. The Morgan fingerprint density at radius 2 is 1.07 bits per heavy atom. The molecular formula is C62H103BN4O6. The number of hydrogen-bond donors (Lipinski definition) is 1. The largest absolute Gasteiger partial charge is 0.490 e. The van der Waals surface area contributed by atoms with E-state index in [1.807, 2.05) is 123 Å². The van der Waals surface area contributed by atoms with Gasteiger partial charge >= 0.3 is 19.3 Å². The molecule has 0 bridgehead atoms. The first-order chi connectivity index (χ1) is 34.0. The van der Waals surface area contributed by atoms with Crippen molar-refractivity contribution in [2.75, 3.05) is 52.0 Å². The summed E-state index contributed by atoms with van der Waals surface area (Å²) in [5, 5.41) is 0. The second-order valence-corrected chi connectivity index (χ2v) is 22.0. The minimum atomic E-state index is -0.465. The molecule has 4 aliphatic heterocycles. The maximum absolute atomic E-state index is 12.1. The predicted octanol–water partition coefficient (Wildman–Crippen LogP) is 15.6. The van der Waals surface area contributed by atoms with Crippen molar-refractivity contribution >= 4 is 30.6 Å². The van der Waals surface area contributed by atoms with E-state index in [4.69, 9.17) is 24.5 Å². The van der Waals surface area contributed by atoms with E-state index >= 15 is 0 Å². The highest BCUT2D eigenvalue weighted by molar-refractivity contribution is 6.54. The van der Waals surface area contributed by atoms with Crippen molar-refractivity contribution in [3.05, 3.63) is 117 Å². The van der Waals surface area contributed by atoms with Crippen molar-refractivity contribution < 1.29 is 28.4 Å². The van der Waals surface area contributed by atoms with E-state index in [0.29, 0.717) is 26.2 Å². The third kappa shape index (κ3) is 22.4. The van der Waals surface area contributed by atoms with Crippen LogP contribution in [0, 0.1) is 41.5 Å². The van der Waals surface area contributed by atoms with Crippen LogP contribution in [0.2, 0.25) is 0 Å². The molecule has 7 rings (SSSR count). The first-order valence-electron chi connectivity index (χ1n) is 27.4. The number of anilines is 1. The van der Waals surface area contributed by atoms with Gasteiger partial charge in [0.15, 0.2) is 0 Å². The van der Waals surface area contributed by atoms with Crippen molar-refractivity contribution in [1.29, 1.82) is 0 Å². The van der Waals surface area contributed by atoms with Crippen molar-refractivity contribution in [2.45, 2.75) is 206 Å². The molecule has 4 heterocycles. The molecule has 0 aliphatic carbocycles. The van der Waals surface area contributed by atoms with Crippen molar-refractivity contribution in [3.8, 4) is 0 Å². The molecule has 2 fully saturated rings. The number of hydrogen-bond acceptors (Lipinski definition) is 8. The van der Waals surface area contributed by atoms with Crippen LogP contribution in [-0.2, 0) is 18.8 Å². The minimum absolute atomic E-state index is 0.224. The molecule has 0 aromatic heterocycles. The maximum Gasteiger partial charge on any atom is 0.490 e. The van der Waals surface area contributed by atoms with Gasteiger partial charge in [0.05, 0.1) is 11.2 Å². The van der Waals surface area contributed by atoms with Gasteiger partial charge in [0, 0.05) is 31.9 Å². The van der Waals surface area contributed by atoms with Crippen molar-refractivity contribution in [1.82, 2.24) is 14.7 Å². The number of piperidine rings is 1. The van der Waals surface area contributed by atoms with E-state index in [2.05, 4.69) is 108 Å². The Bertz CT molecular complexity index is 2190. The SMILES string of the molecule is CC.CC.CC.CC(C)(C)OC(=O)N1CC=C(B2OC(C)(C)C(C)(C)O2)CC1.Cc1cc(C2CCN(C)CC2)ccc1N.Cc1ccc(C)c(C)c1.Cc1ccc(C2=CCN(C(=O)OC(C)(C)C)CC2)cc1C. The minimum Gasteiger partial charge on any atom is -0.444 e. The van der Waals surface area contributed by atoms with Gasteiger partial charge in [0.25, 0.3) is 0 Å². The zero-order valence-corrected chi connectivity index (χ0v) is 50.4. The molecule has 410 valence electrons. The standard InChI is InChI=1S/C18H25NO2.C16H28BNO4.C13H20N2.C9H12.3C2H6/c1-13-6-7-16(12-14(13)2)15-8-10-19(11-9-15)17(20)21-18(3,4)5;1-14(2,3)20-13(19)18-10-8-12(9-11-18)17-21-15(4,5)16(6,7)22-17;1-10-9-12(3-4-13(10)14)11-5-7-15(2)8-6-11;1-7-4-5-8(2)9(3)6-7;3*1-2/h6-8,12H,9-11H2,1-5H3;8H,9-11H2,1-7H3;3-4,9,11H,5-8,14H2,1-2H3;4-6H,1-3H3;3*1-2H3. The molecule has 10 nitrogen and oxygen atoms in total. The lowest BCUT2D eigenvalue weighted by Gasteiger charge is -2.32. The molecular weight excluding hydrogens is 908 g/mol. The van der Waals surface area contributed by atoms with Crippen LogP contribution in [0.1, 0.15) is 187 Å². The van der Waals surface area contributed by atoms with Gasteiger partial charge in [-0.2, -0.15) is 0 Å². The van der Waals surface area contributed by atoms with Crippen LogP contribution < -0.4 is 5.73 Å². The number of aryl methyl sites for hydroxylation is 6. The fraction of sp³-hybridized carbons (Fsp3) is 0.613. The first kappa shape index (κ1) is 66.4. The van der Waals surface area contributed by atoms with Crippen LogP contribution in [0.5, 0.6) is 0 Å². The Morgan fingerprint density at radius 3 is 1.47 bits per heavy atom. The molecule has 4 aliphatic rings. The van der Waals surface area contributed by atoms with Gasteiger partial charge in [0.1, 0.15) is 11.2 Å². The summed E-state index contributed by atoms with van der Waals surface area (Å²) < 4.78 is 22.9. The van der Waals surface area contributed by atoms with Crippen molar-refractivity contribution in [3.63, 3.8) is 0 Å². The smallest absolute Gasteiger partial charge is 0.444 e. The molecule has 2 N–H and O–H groups in total. The molecule has 0 spiro atoms. The Hall–Kier alpha value is -4.58. The number of nitrogen functional groups attached to an aromatic ring is 1. The van der Waals surface area contributed by atoms with E-state index < -0.39 is 11.2 Å². The van der Waals surface area contributed by atoms with E-state index in [1.54, 1.807) is 9.80 Å². The number of nitrogens with two attached hydrogens (primary N) is 1. The van der Waals surface area contributed by atoms with Crippen LogP contribution in [-0.4, -0.2) is 103 Å². The van der Waals surface area contributed by atoms with E-state index in [9.17, 15) is 9.59 Å². The number of amides is 2. The first-order valence-corrected chi connectivity index (χ1v) is 27.4. The molecule has 0 saturated carbocycles. The van der Waals surface area contributed by atoms with Gasteiger partial charge in [-0.15, -0.1) is 0 Å². The summed E-state index contributed by atoms with van der Waals surface area (Å²) in [5.74, 6) is 0.737. The highest BCUT2D eigenvalue weighted by atomic mass is 16.7. The van der Waals surface area contributed by atoms with Crippen LogP contribution in [0.4, 0.5) is 15.3 Å². The Balaban J connectivity index is 0.000000486. The van der Waals surface area contributed by atoms with Crippen LogP contribution >= 0.6 is 0 Å². The molecule has 0 atom stereocenters. The fourth-order valence-electron chi connectivity index (χ4n) is 7.94. The summed E-state index contributed by atoms with van der Waals surface area (Å²) in [6.45, 7) is 49.2. The van der Waals surface area contributed by atoms with Crippen LogP contribution in [0.3, 0.4) is 0 Å². The van der Waals surface area contributed by atoms with Gasteiger partial charge in [-0.3, -0.25) is 0 Å². The lowest BCUT2D eigenvalue weighted by atomic mass is 9.75. The number of carbonyl (C=O) groups is 2. The summed E-state index contributed by atoms with van der Waals surface area (Å²) >= 11 is 0. The second kappa shape index (κ2) is 30.7. The molecule has 73 heavy (non-hydrogen) atoms.